The van der Waals surface area contributed by atoms with Crippen LogP contribution in [-0.2, 0) is 14.4 Å². The van der Waals surface area contributed by atoms with Gasteiger partial charge >= 0.3 is 89.1 Å². The fourth-order valence-electron chi connectivity index (χ4n) is 0.695. The molecule has 0 aliphatic carbocycles. The van der Waals surface area contributed by atoms with E-state index in [-0.39, 0.29) is 89.1 Å². The molecule has 10 heteroatoms. The predicted octanol–water partition coefficient (Wildman–Crippen LogP) is -9.66. The summed E-state index contributed by atoms with van der Waals surface area (Å²) in [6.45, 7) is 0. The number of aliphatic hydroxyl groups is 2. The number of rotatable bonds is 5. The number of carboxylic acid groups (broad SMARTS) is 3. The van der Waals surface area contributed by atoms with E-state index in [1.54, 1.807) is 0 Å². The van der Waals surface area contributed by atoms with Crippen molar-refractivity contribution < 1.29 is 91.3 Å². The number of carbonyl (C=O) groups is 3. The molecule has 0 radical (unpaired) electrons. The number of hydrogen-bond acceptors (Lipinski definition) is 8. The van der Waals surface area contributed by atoms with Crippen molar-refractivity contribution in [3.63, 3.8) is 0 Å². The number of carboxylic acids is 3. The first kappa shape index (κ1) is 22.4. The van der Waals surface area contributed by atoms with Crippen LogP contribution in [0.5, 0.6) is 0 Å². The zero-order valence-electron chi connectivity index (χ0n) is 8.34. The van der Waals surface area contributed by atoms with Gasteiger partial charge in [-0.15, -0.1) is 0 Å². The van der Waals surface area contributed by atoms with Gasteiger partial charge in [0.1, 0.15) is 11.7 Å². The van der Waals surface area contributed by atoms with Gasteiger partial charge in [-0.25, -0.2) is 0 Å². The van der Waals surface area contributed by atoms with Crippen molar-refractivity contribution in [3.8, 4) is 0 Å². The van der Waals surface area contributed by atoms with E-state index >= 15 is 0 Å². The molecule has 0 aromatic carbocycles. The zero-order valence-corrected chi connectivity index (χ0v) is 13.7. The summed E-state index contributed by atoms with van der Waals surface area (Å²) < 4.78 is 0. The third-order valence-corrected chi connectivity index (χ3v) is 1.44. The van der Waals surface area contributed by atoms with E-state index in [2.05, 4.69) is 0 Å². The molecule has 0 aliphatic heterocycles. The smallest absolute Gasteiger partial charge is 0.550 e. The van der Waals surface area contributed by atoms with Crippen molar-refractivity contribution in [2.24, 2.45) is 0 Å². The minimum absolute atomic E-state index is 0. The molecule has 0 saturated heterocycles. The molecule has 0 bridgehead atoms. The van der Waals surface area contributed by atoms with Crippen LogP contribution in [0.1, 0.15) is 6.42 Å². The monoisotopic (exact) mass is 284 g/mol. The fourth-order valence-corrected chi connectivity index (χ4v) is 0.695. The molecule has 80 valence electrons. The minimum atomic E-state index is -3.46. The van der Waals surface area contributed by atoms with E-state index in [1.807, 2.05) is 0 Å². The Labute approximate surface area is 162 Å². The first-order valence-corrected chi connectivity index (χ1v) is 3.24. The number of hydrogen-bond donors (Lipinski definition) is 2. The van der Waals surface area contributed by atoms with Gasteiger partial charge in [0.15, 0.2) is 0 Å². The second-order valence-corrected chi connectivity index (χ2v) is 2.48. The summed E-state index contributed by atoms with van der Waals surface area (Å²) in [5.74, 6) is -6.84. The Morgan fingerprint density at radius 3 is 1.75 bits per heavy atom. The molecule has 0 unspecified atom stereocenters. The summed E-state index contributed by atoms with van der Waals surface area (Å²) in [4.78, 5) is 30.2. The molecule has 0 rings (SSSR count). The molecule has 0 amide bonds. The average molecular weight is 284 g/mol. The van der Waals surface area contributed by atoms with E-state index in [9.17, 15) is 29.7 Å². The van der Waals surface area contributed by atoms with Gasteiger partial charge in [-0.05, 0) is 0 Å². The maximum atomic E-state index is 10.2. The molecule has 2 atom stereocenters. The Hall–Kier alpha value is 1.23. The molecule has 0 fully saturated rings. The average Bonchev–Trinajstić information content (AvgIpc) is 2.00. The van der Waals surface area contributed by atoms with E-state index < -0.39 is 36.0 Å². The molecule has 16 heavy (non-hydrogen) atoms. The van der Waals surface area contributed by atoms with E-state index in [0.717, 1.165) is 0 Å². The number of carbonyl (C=O) groups excluding carboxylic acids is 3. The van der Waals surface area contributed by atoms with Crippen molar-refractivity contribution in [1.29, 1.82) is 0 Å². The zero-order chi connectivity index (χ0) is 11.5. The summed E-state index contributed by atoms with van der Waals surface area (Å²) in [6.07, 6.45) is -4.53. The summed E-state index contributed by atoms with van der Waals surface area (Å²) in [6, 6.07) is 0. The van der Waals surface area contributed by atoms with E-state index in [1.165, 1.54) is 0 Å². The summed E-state index contributed by atoms with van der Waals surface area (Å²) in [5.41, 5.74) is -3.46. The van der Waals surface area contributed by atoms with Gasteiger partial charge in [0.05, 0.1) is 11.9 Å². The Morgan fingerprint density at radius 2 is 1.56 bits per heavy atom. The SMILES string of the molecule is O=C([O-])C[C@@](O)(C(=O)[O-])[C@H](O)C(=O)[O-].[Ca+2].[K+]. The van der Waals surface area contributed by atoms with Gasteiger partial charge in [0.25, 0.3) is 0 Å². The topological polar surface area (TPSA) is 161 Å². The molecule has 8 nitrogen and oxygen atoms in total. The van der Waals surface area contributed by atoms with E-state index in [4.69, 9.17) is 10.2 Å². The molecular weight excluding hydrogens is 279 g/mol. The van der Waals surface area contributed by atoms with Crippen LogP contribution in [0.25, 0.3) is 0 Å². The van der Waals surface area contributed by atoms with Gasteiger partial charge in [-0.3, -0.25) is 0 Å². The normalized spacial score (nSPS) is 14.6. The Balaban J connectivity index is -0.000000845. The largest absolute Gasteiger partial charge is 2.00 e. The Morgan fingerprint density at radius 1 is 1.19 bits per heavy atom. The Bertz CT molecular complexity index is 282. The maximum absolute atomic E-state index is 10.2. The summed E-state index contributed by atoms with van der Waals surface area (Å²) in [7, 11) is 0. The number of aliphatic hydroxyl groups excluding tert-OH is 1. The molecule has 2 N–H and O–H groups in total. The second-order valence-electron chi connectivity index (χ2n) is 2.48. The Kier molecular flexibility index (Phi) is 12.9. The van der Waals surface area contributed by atoms with Gasteiger partial charge in [0.2, 0.25) is 0 Å². The van der Waals surface area contributed by atoms with Crippen molar-refractivity contribution in [1.82, 2.24) is 0 Å². The van der Waals surface area contributed by atoms with Crippen molar-refractivity contribution >= 4 is 55.6 Å². The van der Waals surface area contributed by atoms with Crippen LogP contribution in [-0.4, -0.2) is 77.6 Å². The van der Waals surface area contributed by atoms with Crippen LogP contribution in [0.15, 0.2) is 0 Å². The molecule has 0 aromatic rings. The molecule has 0 saturated carbocycles. The minimum Gasteiger partial charge on any atom is -0.550 e. The van der Waals surface area contributed by atoms with Gasteiger partial charge in [-0.2, -0.15) is 0 Å². The van der Waals surface area contributed by atoms with Gasteiger partial charge in [-0.1, -0.05) is 0 Å². The molecule has 0 heterocycles. The van der Waals surface area contributed by atoms with Gasteiger partial charge in [0, 0.05) is 12.4 Å². The van der Waals surface area contributed by atoms with Crippen LogP contribution in [0.4, 0.5) is 0 Å². The second kappa shape index (κ2) is 9.20. The van der Waals surface area contributed by atoms with Crippen molar-refractivity contribution in [2.75, 3.05) is 0 Å². The van der Waals surface area contributed by atoms with Crippen LogP contribution in [0.3, 0.4) is 0 Å². The van der Waals surface area contributed by atoms with Crippen molar-refractivity contribution in [3.05, 3.63) is 0 Å². The summed E-state index contributed by atoms with van der Waals surface area (Å²) in [5, 5.41) is 47.8. The molecule has 0 spiro atoms. The maximum Gasteiger partial charge on any atom is 2.00 e. The van der Waals surface area contributed by atoms with Crippen LogP contribution < -0.4 is 66.7 Å². The molecule has 0 aromatic heterocycles. The molecular formula is C6H5CaKO8. The molecule has 0 aliphatic rings. The van der Waals surface area contributed by atoms with Gasteiger partial charge < -0.3 is 39.9 Å². The third kappa shape index (κ3) is 6.24. The van der Waals surface area contributed by atoms with Crippen LogP contribution >= 0.6 is 0 Å². The third-order valence-electron chi connectivity index (χ3n) is 1.44. The van der Waals surface area contributed by atoms with Crippen LogP contribution in [0.2, 0.25) is 0 Å². The standard InChI is InChI=1S/C6H8O8.Ca.K/c7-2(8)1-6(14,5(12)13)3(9)4(10)11;;/h3,9,14H,1H2,(H,7,8)(H,10,11)(H,12,13);;/q;+2;+1/p-3/t3-,6+;;/m1../s1. The first-order chi connectivity index (χ1) is 6.21. The quantitative estimate of drug-likeness (QED) is 0.470. The fraction of sp³-hybridized carbons (Fsp3) is 0.500. The summed E-state index contributed by atoms with van der Waals surface area (Å²) >= 11 is 0. The van der Waals surface area contributed by atoms with E-state index in [0.29, 0.717) is 0 Å². The van der Waals surface area contributed by atoms with Crippen molar-refractivity contribution in [2.45, 2.75) is 18.1 Å². The van der Waals surface area contributed by atoms with Crippen LogP contribution in [0, 0.1) is 0 Å². The first-order valence-electron chi connectivity index (χ1n) is 3.24. The number of aliphatic carboxylic acids is 3. The predicted molar refractivity (Wildman–Crippen MR) is 36.3 cm³/mol.